The van der Waals surface area contributed by atoms with Crippen molar-refractivity contribution in [2.24, 2.45) is 7.05 Å². The predicted molar refractivity (Wildman–Crippen MR) is 78.9 cm³/mol. The van der Waals surface area contributed by atoms with E-state index in [0.717, 1.165) is 41.1 Å². The van der Waals surface area contributed by atoms with Gasteiger partial charge in [0.2, 0.25) is 5.16 Å². The molecule has 0 fully saturated rings. The minimum Gasteiger partial charge on any atom is -0.318 e. The number of halogens is 1. The molecule has 7 nitrogen and oxygen atoms in total. The van der Waals surface area contributed by atoms with Gasteiger partial charge in [-0.15, -0.1) is 5.10 Å². The molecule has 9 heteroatoms. The summed E-state index contributed by atoms with van der Waals surface area (Å²) in [6, 6.07) is 0. The third kappa shape index (κ3) is 3.31. The molecular formula is C11H18ClN7S. The zero-order chi connectivity index (χ0) is 14.5. The van der Waals surface area contributed by atoms with Crippen LogP contribution in [0.1, 0.15) is 18.3 Å². The maximum absolute atomic E-state index is 6.33. The van der Waals surface area contributed by atoms with Gasteiger partial charge in [-0.1, -0.05) is 30.3 Å². The molecule has 0 aliphatic rings. The van der Waals surface area contributed by atoms with Crippen LogP contribution in [0.3, 0.4) is 0 Å². The van der Waals surface area contributed by atoms with Gasteiger partial charge in [0.15, 0.2) is 0 Å². The van der Waals surface area contributed by atoms with E-state index in [2.05, 4.69) is 25.9 Å². The van der Waals surface area contributed by atoms with Crippen LogP contribution in [0.5, 0.6) is 0 Å². The van der Waals surface area contributed by atoms with Crippen LogP contribution in [0, 0.1) is 0 Å². The van der Waals surface area contributed by atoms with E-state index in [0.29, 0.717) is 5.75 Å². The molecule has 0 bridgehead atoms. The predicted octanol–water partition coefficient (Wildman–Crippen LogP) is 1.13. The van der Waals surface area contributed by atoms with Crippen LogP contribution in [-0.2, 0) is 25.8 Å². The second-order valence-electron chi connectivity index (χ2n) is 4.26. The highest BCUT2D eigenvalue weighted by Gasteiger charge is 2.15. The number of thioether (sulfide) groups is 1. The van der Waals surface area contributed by atoms with Crippen molar-refractivity contribution < 1.29 is 0 Å². The molecule has 110 valence electrons. The monoisotopic (exact) mass is 315 g/mol. The fourth-order valence-corrected chi connectivity index (χ4v) is 3.18. The van der Waals surface area contributed by atoms with Gasteiger partial charge >= 0.3 is 0 Å². The molecule has 0 radical (unpaired) electrons. The van der Waals surface area contributed by atoms with Crippen molar-refractivity contribution in [2.75, 3.05) is 13.6 Å². The van der Waals surface area contributed by atoms with E-state index in [-0.39, 0.29) is 0 Å². The van der Waals surface area contributed by atoms with E-state index in [4.69, 9.17) is 11.6 Å². The van der Waals surface area contributed by atoms with E-state index in [1.165, 1.54) is 0 Å². The normalized spacial score (nSPS) is 11.2. The van der Waals surface area contributed by atoms with Crippen LogP contribution in [0.15, 0.2) is 5.16 Å². The van der Waals surface area contributed by atoms with Crippen molar-refractivity contribution in [1.82, 2.24) is 35.3 Å². The summed E-state index contributed by atoms with van der Waals surface area (Å²) < 4.78 is 3.61. The van der Waals surface area contributed by atoms with Crippen LogP contribution in [0.25, 0.3) is 0 Å². The smallest absolute Gasteiger partial charge is 0.209 e. The summed E-state index contributed by atoms with van der Waals surface area (Å²) >= 11 is 7.89. The van der Waals surface area contributed by atoms with Crippen LogP contribution in [-0.4, -0.2) is 43.6 Å². The molecule has 0 aliphatic carbocycles. The Balaban J connectivity index is 2.05. The van der Waals surface area contributed by atoms with Gasteiger partial charge in [0.25, 0.3) is 0 Å². The molecule has 2 aromatic rings. The molecule has 2 aromatic heterocycles. The summed E-state index contributed by atoms with van der Waals surface area (Å²) in [4.78, 5) is 0. The minimum absolute atomic E-state index is 0.697. The average molecular weight is 316 g/mol. The maximum Gasteiger partial charge on any atom is 0.209 e. The van der Waals surface area contributed by atoms with Crippen molar-refractivity contribution in [3.63, 3.8) is 0 Å². The quantitative estimate of drug-likeness (QED) is 0.772. The number of rotatable bonds is 7. The van der Waals surface area contributed by atoms with Gasteiger partial charge in [-0.2, -0.15) is 5.10 Å². The molecular weight excluding hydrogens is 298 g/mol. The third-order valence-corrected chi connectivity index (χ3v) is 4.32. The third-order valence-electron chi connectivity index (χ3n) is 2.91. The second kappa shape index (κ2) is 7.05. The van der Waals surface area contributed by atoms with Gasteiger partial charge in [-0.05, 0) is 23.9 Å². The minimum atomic E-state index is 0.697. The van der Waals surface area contributed by atoms with E-state index >= 15 is 0 Å². The molecule has 0 amide bonds. The molecule has 0 saturated heterocycles. The molecule has 0 atom stereocenters. The topological polar surface area (TPSA) is 73.5 Å². The summed E-state index contributed by atoms with van der Waals surface area (Å²) in [5.74, 6) is 0.697. The van der Waals surface area contributed by atoms with E-state index in [9.17, 15) is 0 Å². The molecule has 0 spiro atoms. The highest BCUT2D eigenvalue weighted by Crippen LogP contribution is 2.27. The first-order valence-electron chi connectivity index (χ1n) is 6.41. The summed E-state index contributed by atoms with van der Waals surface area (Å²) in [7, 11) is 3.81. The van der Waals surface area contributed by atoms with Crippen molar-refractivity contribution in [3.05, 3.63) is 16.4 Å². The molecule has 1 N–H and O–H groups in total. The van der Waals surface area contributed by atoms with E-state index < -0.39 is 0 Å². The number of hydrogen-bond acceptors (Lipinski definition) is 6. The zero-order valence-corrected chi connectivity index (χ0v) is 13.4. The van der Waals surface area contributed by atoms with Gasteiger partial charge in [0.05, 0.1) is 23.0 Å². The molecule has 20 heavy (non-hydrogen) atoms. The van der Waals surface area contributed by atoms with Crippen molar-refractivity contribution in [2.45, 2.75) is 30.8 Å². The van der Waals surface area contributed by atoms with Gasteiger partial charge < -0.3 is 5.32 Å². The van der Waals surface area contributed by atoms with Crippen molar-refractivity contribution in [1.29, 1.82) is 0 Å². The Bertz CT molecular complexity index is 565. The van der Waals surface area contributed by atoms with Crippen LogP contribution in [0.2, 0.25) is 5.02 Å². The Morgan fingerprint density at radius 2 is 2.20 bits per heavy atom. The Kier molecular flexibility index (Phi) is 5.38. The fraction of sp³-hybridized carbons (Fsp3) is 0.636. The fourth-order valence-electron chi connectivity index (χ4n) is 1.77. The number of hydrogen-bond donors (Lipinski definition) is 1. The summed E-state index contributed by atoms with van der Waals surface area (Å²) in [5, 5.41) is 20.7. The standard InChI is InChI=1S/C11H18ClN7S/c1-4-8-10(12)9(18(3)15-8)7-20-11-14-16-17-19(11)6-5-13-2/h13H,4-7H2,1-3H3. The van der Waals surface area contributed by atoms with E-state index in [1.807, 2.05) is 25.7 Å². The van der Waals surface area contributed by atoms with Crippen LogP contribution in [0.4, 0.5) is 0 Å². The van der Waals surface area contributed by atoms with Crippen LogP contribution >= 0.6 is 23.4 Å². The summed E-state index contributed by atoms with van der Waals surface area (Å²) in [6.45, 7) is 3.61. The average Bonchev–Trinajstić information content (AvgIpc) is 2.99. The largest absolute Gasteiger partial charge is 0.318 e. The highest BCUT2D eigenvalue weighted by molar-refractivity contribution is 7.98. The number of tetrazole rings is 1. The first-order valence-corrected chi connectivity index (χ1v) is 7.77. The van der Waals surface area contributed by atoms with Crippen molar-refractivity contribution >= 4 is 23.4 Å². The first kappa shape index (κ1) is 15.3. The summed E-state index contributed by atoms with van der Waals surface area (Å²) in [6.07, 6.45) is 0.831. The summed E-state index contributed by atoms with van der Waals surface area (Å²) in [5.41, 5.74) is 1.93. The lowest BCUT2D eigenvalue weighted by molar-refractivity contribution is 0.530. The first-order chi connectivity index (χ1) is 9.67. The van der Waals surface area contributed by atoms with Gasteiger partial charge in [0.1, 0.15) is 0 Å². The maximum atomic E-state index is 6.33. The highest BCUT2D eigenvalue weighted by atomic mass is 35.5. The van der Waals surface area contributed by atoms with Gasteiger partial charge in [-0.25, -0.2) is 4.68 Å². The Labute approximate surface area is 127 Å². The van der Waals surface area contributed by atoms with Crippen molar-refractivity contribution in [3.8, 4) is 0 Å². The second-order valence-corrected chi connectivity index (χ2v) is 5.58. The molecule has 2 rings (SSSR count). The molecule has 0 aromatic carbocycles. The number of likely N-dealkylation sites (N-methyl/N-ethyl adjacent to an activating group) is 1. The van der Waals surface area contributed by atoms with E-state index in [1.54, 1.807) is 16.4 Å². The number of aromatic nitrogens is 6. The zero-order valence-electron chi connectivity index (χ0n) is 11.8. The lowest BCUT2D eigenvalue weighted by Gasteiger charge is -2.04. The van der Waals surface area contributed by atoms with Gasteiger partial charge in [0, 0.05) is 19.3 Å². The van der Waals surface area contributed by atoms with Crippen LogP contribution < -0.4 is 5.32 Å². The Morgan fingerprint density at radius 3 is 2.85 bits per heavy atom. The molecule has 0 unspecified atom stereocenters. The lowest BCUT2D eigenvalue weighted by Crippen LogP contribution is -2.16. The molecule has 0 saturated carbocycles. The molecule has 2 heterocycles. The lowest BCUT2D eigenvalue weighted by atomic mass is 10.3. The number of nitrogens with one attached hydrogen (secondary N) is 1. The number of aryl methyl sites for hydroxylation is 2. The SMILES string of the molecule is CCc1nn(C)c(CSc2nnnn2CCNC)c1Cl. The van der Waals surface area contributed by atoms with Gasteiger partial charge in [-0.3, -0.25) is 4.68 Å². The Morgan fingerprint density at radius 1 is 1.40 bits per heavy atom. The molecule has 0 aliphatic heterocycles. The Hall–Kier alpha value is -1.12. The number of nitrogens with zero attached hydrogens (tertiary/aromatic N) is 6.